The van der Waals surface area contributed by atoms with Gasteiger partial charge in [-0.25, -0.2) is 4.79 Å². The Morgan fingerprint density at radius 3 is 2.56 bits per heavy atom. The van der Waals surface area contributed by atoms with Crippen LogP contribution in [0.5, 0.6) is 0 Å². The summed E-state index contributed by atoms with van der Waals surface area (Å²) in [5, 5.41) is 9.69. The molecule has 0 saturated heterocycles. The van der Waals surface area contributed by atoms with Crippen LogP contribution < -0.4 is 4.90 Å². The van der Waals surface area contributed by atoms with Crippen LogP contribution in [0.4, 0.5) is 5.69 Å². The number of nitrogens with zero attached hydrogens (tertiary/aromatic N) is 1. The standard InChI is InChI=1S/C12H17NO3/c1-8-5-6-9(7-10(8)13(2)3)11(14)12(15)16-4/h5-7,11,14H,1-4H3. The van der Waals surface area contributed by atoms with Gasteiger partial charge >= 0.3 is 5.97 Å². The van der Waals surface area contributed by atoms with E-state index in [2.05, 4.69) is 4.74 Å². The van der Waals surface area contributed by atoms with Gasteiger partial charge in [-0.05, 0) is 24.1 Å². The van der Waals surface area contributed by atoms with Gasteiger partial charge in [0.1, 0.15) is 0 Å². The molecule has 0 saturated carbocycles. The van der Waals surface area contributed by atoms with Crippen LogP contribution >= 0.6 is 0 Å². The first-order chi connectivity index (χ1) is 7.47. The van der Waals surface area contributed by atoms with Crippen molar-refractivity contribution in [2.45, 2.75) is 13.0 Å². The minimum absolute atomic E-state index is 0.543. The van der Waals surface area contributed by atoms with Gasteiger partial charge in [0.25, 0.3) is 0 Å². The number of carbonyl (C=O) groups is 1. The van der Waals surface area contributed by atoms with Crippen LogP contribution in [0.25, 0.3) is 0 Å². The van der Waals surface area contributed by atoms with E-state index < -0.39 is 12.1 Å². The minimum atomic E-state index is -1.22. The maximum Gasteiger partial charge on any atom is 0.339 e. The zero-order valence-electron chi connectivity index (χ0n) is 10.0. The first-order valence-electron chi connectivity index (χ1n) is 5.01. The first-order valence-corrected chi connectivity index (χ1v) is 5.01. The Morgan fingerprint density at radius 1 is 1.44 bits per heavy atom. The van der Waals surface area contributed by atoms with E-state index in [4.69, 9.17) is 0 Å². The monoisotopic (exact) mass is 223 g/mol. The molecule has 1 atom stereocenters. The topological polar surface area (TPSA) is 49.8 Å². The van der Waals surface area contributed by atoms with Gasteiger partial charge in [0.15, 0.2) is 6.10 Å². The summed E-state index contributed by atoms with van der Waals surface area (Å²) >= 11 is 0. The summed E-state index contributed by atoms with van der Waals surface area (Å²) in [4.78, 5) is 13.1. The van der Waals surface area contributed by atoms with Crippen molar-refractivity contribution in [3.8, 4) is 0 Å². The predicted molar refractivity (Wildman–Crippen MR) is 62.5 cm³/mol. The van der Waals surface area contributed by atoms with Crippen LogP contribution in [0.15, 0.2) is 18.2 Å². The molecule has 0 aromatic heterocycles. The molecule has 0 aliphatic rings. The maximum absolute atomic E-state index is 11.2. The molecule has 0 fully saturated rings. The number of ether oxygens (including phenoxy) is 1. The fraction of sp³-hybridized carbons (Fsp3) is 0.417. The molecule has 16 heavy (non-hydrogen) atoms. The average molecular weight is 223 g/mol. The molecule has 0 bridgehead atoms. The zero-order valence-corrected chi connectivity index (χ0v) is 10.0. The second-order valence-corrected chi connectivity index (χ2v) is 3.87. The predicted octanol–water partition coefficient (Wildman–Crippen LogP) is 1.27. The summed E-state index contributed by atoms with van der Waals surface area (Å²) < 4.78 is 4.49. The van der Waals surface area contributed by atoms with Crippen LogP contribution in [0, 0.1) is 6.92 Å². The number of anilines is 1. The molecule has 88 valence electrons. The van der Waals surface area contributed by atoms with Crippen LogP contribution in [-0.4, -0.2) is 32.3 Å². The number of hydrogen-bond acceptors (Lipinski definition) is 4. The Balaban J connectivity index is 3.07. The van der Waals surface area contributed by atoms with Crippen molar-refractivity contribution in [3.63, 3.8) is 0 Å². The molecule has 1 aromatic rings. The summed E-state index contributed by atoms with van der Waals surface area (Å²) in [6.07, 6.45) is -1.22. The Hall–Kier alpha value is -1.55. The highest BCUT2D eigenvalue weighted by atomic mass is 16.5. The van der Waals surface area contributed by atoms with Crippen molar-refractivity contribution in [2.24, 2.45) is 0 Å². The molecule has 1 N–H and O–H groups in total. The Labute approximate surface area is 95.5 Å². The summed E-state index contributed by atoms with van der Waals surface area (Å²) in [6.45, 7) is 1.98. The van der Waals surface area contributed by atoms with Gasteiger partial charge in [0.2, 0.25) is 0 Å². The van der Waals surface area contributed by atoms with E-state index in [1.54, 1.807) is 12.1 Å². The molecular weight excluding hydrogens is 206 g/mol. The number of aryl methyl sites for hydroxylation is 1. The van der Waals surface area contributed by atoms with Crippen molar-refractivity contribution in [3.05, 3.63) is 29.3 Å². The fourth-order valence-corrected chi connectivity index (χ4v) is 1.53. The summed E-state index contributed by atoms with van der Waals surface area (Å²) in [7, 11) is 5.08. The third kappa shape index (κ3) is 2.52. The first kappa shape index (κ1) is 12.5. The third-order valence-electron chi connectivity index (χ3n) is 2.46. The lowest BCUT2D eigenvalue weighted by atomic mass is 10.1. The van der Waals surface area contributed by atoms with Gasteiger partial charge in [-0.15, -0.1) is 0 Å². The number of rotatable bonds is 3. The van der Waals surface area contributed by atoms with Crippen molar-refractivity contribution in [1.29, 1.82) is 0 Å². The van der Waals surface area contributed by atoms with Crippen molar-refractivity contribution in [2.75, 3.05) is 26.1 Å². The summed E-state index contributed by atoms with van der Waals surface area (Å²) in [5.41, 5.74) is 2.60. The van der Waals surface area contributed by atoms with Gasteiger partial charge in [-0.2, -0.15) is 0 Å². The van der Waals surface area contributed by atoms with E-state index in [1.165, 1.54) is 7.11 Å². The lowest BCUT2D eigenvalue weighted by Crippen LogP contribution is -2.15. The molecule has 0 aliphatic heterocycles. The quantitative estimate of drug-likeness (QED) is 0.784. The van der Waals surface area contributed by atoms with Gasteiger partial charge in [0, 0.05) is 19.8 Å². The molecule has 1 rings (SSSR count). The second-order valence-electron chi connectivity index (χ2n) is 3.87. The number of hydrogen-bond donors (Lipinski definition) is 1. The van der Waals surface area contributed by atoms with E-state index in [0.29, 0.717) is 5.56 Å². The van der Waals surface area contributed by atoms with Crippen LogP contribution in [-0.2, 0) is 9.53 Å². The summed E-state index contributed by atoms with van der Waals surface area (Å²) in [6, 6.07) is 5.39. The molecule has 0 amide bonds. The van der Waals surface area contributed by atoms with E-state index >= 15 is 0 Å². The third-order valence-corrected chi connectivity index (χ3v) is 2.46. The highest BCUT2D eigenvalue weighted by molar-refractivity contribution is 5.76. The molecule has 4 heteroatoms. The number of methoxy groups -OCH3 is 1. The molecule has 1 aromatic carbocycles. The van der Waals surface area contributed by atoms with E-state index in [0.717, 1.165) is 11.3 Å². The normalized spacial score (nSPS) is 12.1. The van der Waals surface area contributed by atoms with Gasteiger partial charge in [-0.1, -0.05) is 12.1 Å². The smallest absolute Gasteiger partial charge is 0.339 e. The van der Waals surface area contributed by atoms with Crippen LogP contribution in [0.1, 0.15) is 17.2 Å². The van der Waals surface area contributed by atoms with E-state index in [1.807, 2.05) is 32.0 Å². The highest BCUT2D eigenvalue weighted by Crippen LogP contribution is 2.23. The molecule has 0 heterocycles. The molecule has 0 radical (unpaired) electrons. The average Bonchev–Trinajstić information content (AvgIpc) is 2.27. The molecule has 1 unspecified atom stereocenters. The molecule has 0 aliphatic carbocycles. The van der Waals surface area contributed by atoms with Crippen LogP contribution in [0.2, 0.25) is 0 Å². The number of aliphatic hydroxyl groups excluding tert-OH is 1. The lowest BCUT2D eigenvalue weighted by Gasteiger charge is -2.18. The van der Waals surface area contributed by atoms with Crippen molar-refractivity contribution >= 4 is 11.7 Å². The van der Waals surface area contributed by atoms with Gasteiger partial charge in [-0.3, -0.25) is 0 Å². The van der Waals surface area contributed by atoms with E-state index in [-0.39, 0.29) is 0 Å². The Bertz CT molecular complexity index is 388. The zero-order chi connectivity index (χ0) is 12.3. The Kier molecular flexibility index (Phi) is 3.90. The van der Waals surface area contributed by atoms with Crippen molar-refractivity contribution in [1.82, 2.24) is 0 Å². The second kappa shape index (κ2) is 4.99. The molecular formula is C12H17NO3. The number of aliphatic hydroxyl groups is 1. The Morgan fingerprint density at radius 2 is 2.06 bits per heavy atom. The van der Waals surface area contributed by atoms with Gasteiger partial charge < -0.3 is 14.7 Å². The van der Waals surface area contributed by atoms with Gasteiger partial charge in [0.05, 0.1) is 7.11 Å². The fourth-order valence-electron chi connectivity index (χ4n) is 1.53. The van der Waals surface area contributed by atoms with Crippen molar-refractivity contribution < 1.29 is 14.6 Å². The van der Waals surface area contributed by atoms with Crippen LogP contribution in [0.3, 0.4) is 0 Å². The molecule has 4 nitrogen and oxygen atoms in total. The maximum atomic E-state index is 11.2. The number of benzene rings is 1. The highest BCUT2D eigenvalue weighted by Gasteiger charge is 2.18. The SMILES string of the molecule is COC(=O)C(O)c1ccc(C)c(N(C)C)c1. The number of carbonyl (C=O) groups excluding carboxylic acids is 1. The molecule has 0 spiro atoms. The lowest BCUT2D eigenvalue weighted by molar-refractivity contribution is -0.150. The minimum Gasteiger partial charge on any atom is -0.467 e. The largest absolute Gasteiger partial charge is 0.467 e. The van der Waals surface area contributed by atoms with E-state index in [9.17, 15) is 9.90 Å². The number of esters is 1. The summed E-state index contributed by atoms with van der Waals surface area (Å²) in [5.74, 6) is -0.645.